The molecule has 0 aliphatic heterocycles. The molecule has 0 fully saturated rings. The van der Waals surface area contributed by atoms with Gasteiger partial charge in [-0.25, -0.2) is 4.68 Å². The van der Waals surface area contributed by atoms with Crippen LogP contribution in [0.1, 0.15) is 16.1 Å². The van der Waals surface area contributed by atoms with Gasteiger partial charge >= 0.3 is 0 Å². The molecule has 0 radical (unpaired) electrons. The van der Waals surface area contributed by atoms with Crippen LogP contribution < -0.4 is 10.1 Å². The van der Waals surface area contributed by atoms with Crippen molar-refractivity contribution < 1.29 is 14.3 Å². The van der Waals surface area contributed by atoms with Gasteiger partial charge in [-0.2, -0.15) is 5.10 Å². The largest absolute Gasteiger partial charge is 0.497 e. The molecule has 31 heavy (non-hydrogen) atoms. The van der Waals surface area contributed by atoms with Gasteiger partial charge < -0.3 is 14.8 Å². The van der Waals surface area contributed by atoms with Crippen molar-refractivity contribution in [1.29, 1.82) is 0 Å². The summed E-state index contributed by atoms with van der Waals surface area (Å²) in [5.74, 6) is 0.488. The van der Waals surface area contributed by atoms with Crippen LogP contribution in [0.25, 0.3) is 16.9 Å². The number of methoxy groups -OCH3 is 2. The highest BCUT2D eigenvalue weighted by molar-refractivity contribution is 6.03. The van der Waals surface area contributed by atoms with Crippen LogP contribution >= 0.6 is 0 Å². The summed E-state index contributed by atoms with van der Waals surface area (Å²) in [4.78, 5) is 13.0. The maximum absolute atomic E-state index is 13.0. The molecule has 0 saturated heterocycles. The zero-order valence-electron chi connectivity index (χ0n) is 17.4. The summed E-state index contributed by atoms with van der Waals surface area (Å²) >= 11 is 0. The van der Waals surface area contributed by atoms with Gasteiger partial charge in [0, 0.05) is 18.4 Å². The average molecular weight is 413 g/mol. The van der Waals surface area contributed by atoms with Crippen molar-refractivity contribution in [3.63, 3.8) is 0 Å². The second kappa shape index (κ2) is 9.28. The summed E-state index contributed by atoms with van der Waals surface area (Å²) in [6.45, 7) is 0.480. The Balaban J connectivity index is 1.69. The number of nitrogens with one attached hydrogen (secondary N) is 1. The van der Waals surface area contributed by atoms with Crippen LogP contribution in [-0.4, -0.2) is 29.9 Å². The first-order chi connectivity index (χ1) is 15.2. The van der Waals surface area contributed by atoms with Crippen molar-refractivity contribution in [3.8, 4) is 22.7 Å². The van der Waals surface area contributed by atoms with E-state index in [1.54, 1.807) is 25.0 Å². The van der Waals surface area contributed by atoms with Gasteiger partial charge in [-0.3, -0.25) is 4.79 Å². The van der Waals surface area contributed by atoms with Gasteiger partial charge in [-0.15, -0.1) is 0 Å². The van der Waals surface area contributed by atoms with Gasteiger partial charge in [-0.05, 0) is 60.2 Å². The molecule has 0 bridgehead atoms. The van der Waals surface area contributed by atoms with E-state index in [-0.39, 0.29) is 5.91 Å². The average Bonchev–Trinajstić information content (AvgIpc) is 3.26. The first kappa shape index (κ1) is 20.4. The first-order valence-corrected chi connectivity index (χ1v) is 9.87. The topological polar surface area (TPSA) is 65.4 Å². The monoisotopic (exact) mass is 413 g/mol. The van der Waals surface area contributed by atoms with Crippen LogP contribution in [0.15, 0.2) is 84.9 Å². The Bertz CT molecular complexity index is 1170. The molecular weight excluding hydrogens is 390 g/mol. The van der Waals surface area contributed by atoms with Gasteiger partial charge in [0.05, 0.1) is 25.1 Å². The number of benzene rings is 3. The number of nitrogens with zero attached hydrogens (tertiary/aromatic N) is 2. The second-order valence-electron chi connectivity index (χ2n) is 6.98. The highest BCUT2D eigenvalue weighted by atomic mass is 16.5. The van der Waals surface area contributed by atoms with Crippen molar-refractivity contribution in [3.05, 3.63) is 96.2 Å². The lowest BCUT2D eigenvalue weighted by atomic mass is 10.1. The number of aromatic nitrogens is 2. The summed E-state index contributed by atoms with van der Waals surface area (Å²) < 4.78 is 12.2. The molecule has 0 unspecified atom stereocenters. The summed E-state index contributed by atoms with van der Waals surface area (Å²) in [5.41, 5.74) is 4.61. The highest BCUT2D eigenvalue weighted by Gasteiger charge is 2.17. The molecule has 3 aromatic carbocycles. The molecule has 6 nitrogen and oxygen atoms in total. The molecule has 0 aliphatic rings. The van der Waals surface area contributed by atoms with Crippen molar-refractivity contribution in [2.45, 2.75) is 6.61 Å². The van der Waals surface area contributed by atoms with Crippen LogP contribution in [0, 0.1) is 0 Å². The summed E-state index contributed by atoms with van der Waals surface area (Å²) in [7, 11) is 3.27. The third-order valence-electron chi connectivity index (χ3n) is 4.82. The minimum absolute atomic E-state index is 0.279. The Hall–Kier alpha value is -3.90. The predicted molar refractivity (Wildman–Crippen MR) is 121 cm³/mol. The number of carbonyl (C=O) groups is 1. The number of hydrogen-bond donors (Lipinski definition) is 1. The molecule has 156 valence electrons. The Morgan fingerprint density at radius 3 is 2.42 bits per heavy atom. The number of para-hydroxylation sites is 1. The molecule has 0 spiro atoms. The Kier molecular flexibility index (Phi) is 6.10. The smallest absolute Gasteiger partial charge is 0.276 e. The summed E-state index contributed by atoms with van der Waals surface area (Å²) in [6, 6.07) is 26.8. The molecule has 0 saturated carbocycles. The van der Waals surface area contributed by atoms with Gasteiger partial charge in [-0.1, -0.05) is 30.3 Å². The van der Waals surface area contributed by atoms with E-state index in [0.717, 1.165) is 28.3 Å². The molecule has 1 aromatic heterocycles. The first-order valence-electron chi connectivity index (χ1n) is 9.87. The van der Waals surface area contributed by atoms with E-state index >= 15 is 0 Å². The van der Waals surface area contributed by atoms with Gasteiger partial charge in [0.1, 0.15) is 5.75 Å². The molecule has 4 rings (SSSR count). The number of hydrogen-bond acceptors (Lipinski definition) is 4. The van der Waals surface area contributed by atoms with Gasteiger partial charge in [0.2, 0.25) is 0 Å². The quantitative estimate of drug-likeness (QED) is 0.466. The predicted octanol–water partition coefficient (Wildman–Crippen LogP) is 4.95. The van der Waals surface area contributed by atoms with Crippen LogP contribution in [0.5, 0.6) is 5.75 Å². The summed E-state index contributed by atoms with van der Waals surface area (Å²) in [5, 5.41) is 7.53. The van der Waals surface area contributed by atoms with E-state index in [2.05, 4.69) is 10.4 Å². The van der Waals surface area contributed by atoms with Crippen LogP contribution in [0.4, 0.5) is 5.69 Å². The fourth-order valence-corrected chi connectivity index (χ4v) is 3.33. The zero-order valence-corrected chi connectivity index (χ0v) is 17.4. The third-order valence-corrected chi connectivity index (χ3v) is 4.82. The molecule has 1 N–H and O–H groups in total. The molecule has 1 amide bonds. The standard InChI is InChI=1S/C25H23N3O3/c1-30-17-18-7-6-8-20(15-18)26-25(29)23-16-24(19-11-13-22(31-2)14-12-19)28(27-23)21-9-4-3-5-10-21/h3-16H,17H2,1-2H3,(H,26,29). The maximum atomic E-state index is 13.0. The maximum Gasteiger partial charge on any atom is 0.276 e. The lowest BCUT2D eigenvalue weighted by Crippen LogP contribution is -2.13. The Morgan fingerprint density at radius 1 is 0.935 bits per heavy atom. The minimum Gasteiger partial charge on any atom is -0.497 e. The molecule has 4 aromatic rings. The molecule has 6 heteroatoms. The number of amides is 1. The van der Waals surface area contributed by atoms with Crippen molar-refractivity contribution in [2.75, 3.05) is 19.5 Å². The highest BCUT2D eigenvalue weighted by Crippen LogP contribution is 2.26. The lowest BCUT2D eigenvalue weighted by Gasteiger charge is -2.08. The molecular formula is C25H23N3O3. The summed E-state index contributed by atoms with van der Waals surface area (Å²) in [6.07, 6.45) is 0. The SMILES string of the molecule is COCc1cccc(NC(=O)c2cc(-c3ccc(OC)cc3)n(-c3ccccc3)n2)c1. The van der Waals surface area contributed by atoms with Crippen LogP contribution in [-0.2, 0) is 11.3 Å². The number of ether oxygens (including phenoxy) is 2. The Labute approximate surface area is 181 Å². The van der Waals surface area contributed by atoms with Gasteiger partial charge in [0.25, 0.3) is 5.91 Å². The van der Waals surface area contributed by atoms with E-state index in [0.29, 0.717) is 18.0 Å². The number of anilines is 1. The van der Waals surface area contributed by atoms with E-state index in [9.17, 15) is 4.79 Å². The third kappa shape index (κ3) is 4.65. The fraction of sp³-hybridized carbons (Fsp3) is 0.120. The van der Waals surface area contributed by atoms with Crippen LogP contribution in [0.3, 0.4) is 0 Å². The molecule has 0 atom stereocenters. The molecule has 0 aliphatic carbocycles. The van der Waals surface area contributed by atoms with E-state index in [1.807, 2.05) is 78.9 Å². The van der Waals surface area contributed by atoms with E-state index in [1.165, 1.54) is 0 Å². The van der Waals surface area contributed by atoms with Gasteiger partial charge in [0.15, 0.2) is 5.69 Å². The Morgan fingerprint density at radius 2 is 1.71 bits per heavy atom. The second-order valence-corrected chi connectivity index (χ2v) is 6.98. The fourth-order valence-electron chi connectivity index (χ4n) is 3.33. The van der Waals surface area contributed by atoms with Crippen molar-refractivity contribution >= 4 is 11.6 Å². The van der Waals surface area contributed by atoms with E-state index in [4.69, 9.17) is 9.47 Å². The van der Waals surface area contributed by atoms with Crippen LogP contribution in [0.2, 0.25) is 0 Å². The minimum atomic E-state index is -0.279. The number of rotatable bonds is 7. The zero-order chi connectivity index (χ0) is 21.6. The van der Waals surface area contributed by atoms with Crippen molar-refractivity contribution in [1.82, 2.24) is 9.78 Å². The van der Waals surface area contributed by atoms with E-state index < -0.39 is 0 Å². The normalized spacial score (nSPS) is 10.6. The number of carbonyl (C=O) groups excluding carboxylic acids is 1. The van der Waals surface area contributed by atoms with Crippen molar-refractivity contribution in [2.24, 2.45) is 0 Å². The lowest BCUT2D eigenvalue weighted by molar-refractivity contribution is 0.102. The molecule has 1 heterocycles.